The van der Waals surface area contributed by atoms with Crippen molar-refractivity contribution in [2.75, 3.05) is 18.5 Å². The molecule has 2 amide bonds. The zero-order chi connectivity index (χ0) is 25.2. The molecule has 0 saturated carbocycles. The average Bonchev–Trinajstić information content (AvgIpc) is 3.44. The molecule has 0 bridgehead atoms. The second-order valence-electron chi connectivity index (χ2n) is 8.19. The van der Waals surface area contributed by atoms with Crippen LogP contribution in [0.1, 0.15) is 25.0 Å². The lowest BCUT2D eigenvalue weighted by Crippen LogP contribution is -2.24. The summed E-state index contributed by atoms with van der Waals surface area (Å²) in [5.74, 6) is -1.34. The second kappa shape index (κ2) is 9.87. The number of amides is 2. The second-order valence-corrected chi connectivity index (χ2v) is 8.19. The number of rotatable bonds is 7. The molecule has 35 heavy (non-hydrogen) atoms. The number of nitrogens with zero attached hydrogens (tertiary/aromatic N) is 2. The van der Waals surface area contributed by atoms with E-state index in [1.165, 1.54) is 35.9 Å². The molecule has 1 aromatic heterocycles. The first-order valence-electron chi connectivity index (χ1n) is 10.8. The van der Waals surface area contributed by atoms with Crippen molar-refractivity contribution in [2.45, 2.75) is 25.6 Å². The zero-order valence-electron chi connectivity index (χ0n) is 18.6. The molecule has 1 fully saturated rings. The summed E-state index contributed by atoms with van der Waals surface area (Å²) in [7, 11) is 0. The van der Waals surface area contributed by atoms with Crippen LogP contribution in [0.5, 0.6) is 0 Å². The molecule has 1 saturated heterocycles. The lowest BCUT2D eigenvalue weighted by Gasteiger charge is -2.16. The molecular weight excluding hydrogens is 468 g/mol. The van der Waals surface area contributed by atoms with E-state index in [0.717, 1.165) is 0 Å². The molecule has 0 radical (unpaired) electrons. The molecule has 184 valence electrons. The Morgan fingerprint density at radius 3 is 2.63 bits per heavy atom. The Kier molecular flexibility index (Phi) is 6.88. The summed E-state index contributed by atoms with van der Waals surface area (Å²) >= 11 is 0. The first kappa shape index (κ1) is 24.4. The maximum Gasteiger partial charge on any atom is 0.411 e. The fraction of sp³-hybridized carbons (Fsp3) is 0.292. The van der Waals surface area contributed by atoms with Gasteiger partial charge in [-0.25, -0.2) is 9.07 Å². The summed E-state index contributed by atoms with van der Waals surface area (Å²) in [6, 6.07) is 13.9. The lowest BCUT2D eigenvalue weighted by atomic mass is 10.0. The van der Waals surface area contributed by atoms with Crippen LogP contribution in [-0.4, -0.2) is 40.9 Å². The Morgan fingerprint density at radius 1 is 1.23 bits per heavy atom. The predicted octanol–water partition coefficient (Wildman–Crippen LogP) is 4.39. The highest BCUT2D eigenvalue weighted by Gasteiger charge is 2.30. The predicted molar refractivity (Wildman–Crippen MR) is 119 cm³/mol. The van der Waals surface area contributed by atoms with Gasteiger partial charge in [-0.1, -0.05) is 18.2 Å². The molecule has 3 aromatic rings. The zero-order valence-corrected chi connectivity index (χ0v) is 18.6. The van der Waals surface area contributed by atoms with Gasteiger partial charge in [0.1, 0.15) is 12.4 Å². The monoisotopic (exact) mass is 490 g/mol. The smallest absolute Gasteiger partial charge is 0.364 e. The van der Waals surface area contributed by atoms with Crippen LogP contribution in [0.3, 0.4) is 0 Å². The third kappa shape index (κ3) is 6.04. The van der Waals surface area contributed by atoms with Crippen molar-refractivity contribution in [1.82, 2.24) is 15.1 Å². The third-order valence-electron chi connectivity index (χ3n) is 5.53. The largest absolute Gasteiger partial charge is 0.411 e. The molecular formula is C24H22F4N4O3. The Balaban J connectivity index is 1.65. The van der Waals surface area contributed by atoms with Crippen LogP contribution in [0.2, 0.25) is 0 Å². The highest BCUT2D eigenvalue weighted by Crippen LogP contribution is 2.30. The fourth-order valence-electron chi connectivity index (χ4n) is 3.71. The van der Waals surface area contributed by atoms with E-state index in [0.29, 0.717) is 22.5 Å². The maximum absolute atomic E-state index is 13.5. The Hall–Kier alpha value is -3.73. The summed E-state index contributed by atoms with van der Waals surface area (Å²) < 4.78 is 57.6. The van der Waals surface area contributed by atoms with Crippen molar-refractivity contribution < 1.29 is 31.9 Å². The molecule has 1 aliphatic heterocycles. The van der Waals surface area contributed by atoms with Gasteiger partial charge in [-0.3, -0.25) is 9.59 Å². The van der Waals surface area contributed by atoms with Crippen LogP contribution in [-0.2, 0) is 14.3 Å². The van der Waals surface area contributed by atoms with Gasteiger partial charge in [0, 0.05) is 24.6 Å². The Bertz CT molecular complexity index is 1220. The Morgan fingerprint density at radius 2 is 1.97 bits per heavy atom. The van der Waals surface area contributed by atoms with Crippen molar-refractivity contribution in [1.29, 1.82) is 0 Å². The number of benzene rings is 2. The summed E-state index contributed by atoms with van der Waals surface area (Å²) in [6.07, 6.45) is -5.19. The van der Waals surface area contributed by atoms with E-state index in [1.54, 1.807) is 30.3 Å². The summed E-state index contributed by atoms with van der Waals surface area (Å²) in [4.78, 5) is 24.0. The number of alkyl halides is 3. The minimum Gasteiger partial charge on any atom is -0.364 e. The number of hydrogen-bond acceptors (Lipinski definition) is 4. The van der Waals surface area contributed by atoms with Crippen molar-refractivity contribution in [2.24, 2.45) is 5.92 Å². The minimum absolute atomic E-state index is 0.0786. The SMILES string of the molecule is CC(OCC(F)(F)F)c1cccc(-c2cc(NC(=O)[C@@H]3CNC(=O)C3)nn2-c2ccc(F)cc2)c1. The van der Waals surface area contributed by atoms with E-state index < -0.39 is 30.6 Å². The van der Waals surface area contributed by atoms with Gasteiger partial charge in [-0.2, -0.15) is 13.2 Å². The molecule has 1 unspecified atom stereocenters. The van der Waals surface area contributed by atoms with Gasteiger partial charge < -0.3 is 15.4 Å². The lowest BCUT2D eigenvalue weighted by molar-refractivity contribution is -0.184. The van der Waals surface area contributed by atoms with Gasteiger partial charge in [0.05, 0.1) is 23.4 Å². The highest BCUT2D eigenvalue weighted by atomic mass is 19.4. The molecule has 7 nitrogen and oxygen atoms in total. The minimum atomic E-state index is -4.44. The number of halogens is 4. The first-order valence-corrected chi connectivity index (χ1v) is 10.8. The first-order chi connectivity index (χ1) is 16.6. The van der Waals surface area contributed by atoms with Crippen LogP contribution < -0.4 is 10.6 Å². The van der Waals surface area contributed by atoms with Gasteiger partial charge in [0.15, 0.2) is 5.82 Å². The van der Waals surface area contributed by atoms with Crippen LogP contribution in [0.4, 0.5) is 23.4 Å². The number of nitrogens with one attached hydrogen (secondary N) is 2. The van der Waals surface area contributed by atoms with Crippen molar-refractivity contribution >= 4 is 17.6 Å². The number of ether oxygens (including phenoxy) is 1. The standard InChI is InChI=1S/C24H22F4N4O3/c1-14(35-13-24(26,27)28)15-3-2-4-16(9-15)20-11-21(30-23(34)17-10-22(33)29-12-17)31-32(20)19-7-5-18(25)6-8-19/h2-9,11,14,17H,10,12-13H2,1H3,(H,29,33)(H,30,31,34)/t14?,17-/m0/s1. The van der Waals surface area contributed by atoms with E-state index in [-0.39, 0.29) is 30.6 Å². The van der Waals surface area contributed by atoms with Gasteiger partial charge >= 0.3 is 6.18 Å². The van der Waals surface area contributed by atoms with Gasteiger partial charge in [0.25, 0.3) is 0 Å². The van der Waals surface area contributed by atoms with Gasteiger partial charge in [-0.05, 0) is 42.8 Å². The fourth-order valence-corrected chi connectivity index (χ4v) is 3.71. The summed E-state index contributed by atoms with van der Waals surface area (Å²) in [5.41, 5.74) is 2.13. The van der Waals surface area contributed by atoms with E-state index in [9.17, 15) is 27.2 Å². The molecule has 2 N–H and O–H groups in total. The molecule has 0 spiro atoms. The number of anilines is 1. The highest BCUT2D eigenvalue weighted by molar-refractivity contribution is 5.97. The Labute approximate surface area is 198 Å². The van der Waals surface area contributed by atoms with E-state index >= 15 is 0 Å². The third-order valence-corrected chi connectivity index (χ3v) is 5.53. The van der Waals surface area contributed by atoms with Crippen molar-refractivity contribution in [3.05, 3.63) is 66.0 Å². The van der Waals surface area contributed by atoms with Crippen molar-refractivity contribution in [3.8, 4) is 16.9 Å². The van der Waals surface area contributed by atoms with Gasteiger partial charge in [-0.15, -0.1) is 5.10 Å². The molecule has 11 heteroatoms. The van der Waals surface area contributed by atoms with Gasteiger partial charge in [0.2, 0.25) is 11.8 Å². The topological polar surface area (TPSA) is 85.2 Å². The number of hydrogen-bond donors (Lipinski definition) is 2. The maximum atomic E-state index is 13.5. The van der Waals surface area contributed by atoms with Crippen molar-refractivity contribution in [3.63, 3.8) is 0 Å². The number of carbonyl (C=O) groups excluding carboxylic acids is 2. The van der Waals surface area contributed by atoms with Crippen LogP contribution >= 0.6 is 0 Å². The molecule has 2 aromatic carbocycles. The quantitative estimate of drug-likeness (QED) is 0.481. The van der Waals surface area contributed by atoms with Crippen LogP contribution in [0.15, 0.2) is 54.6 Å². The normalized spacial score (nSPS) is 16.7. The van der Waals surface area contributed by atoms with Crippen LogP contribution in [0, 0.1) is 11.7 Å². The molecule has 2 atom stereocenters. The molecule has 0 aliphatic carbocycles. The van der Waals surface area contributed by atoms with E-state index in [1.807, 2.05) is 0 Å². The van der Waals surface area contributed by atoms with Crippen LogP contribution in [0.25, 0.3) is 16.9 Å². The number of aromatic nitrogens is 2. The summed E-state index contributed by atoms with van der Waals surface area (Å²) in [6.45, 7) is 0.374. The molecule has 1 aliphatic rings. The van der Waals surface area contributed by atoms with E-state index in [2.05, 4.69) is 15.7 Å². The summed E-state index contributed by atoms with van der Waals surface area (Å²) in [5, 5.41) is 9.74. The van der Waals surface area contributed by atoms with E-state index in [4.69, 9.17) is 4.74 Å². The number of carbonyl (C=O) groups is 2. The average molecular weight is 490 g/mol. The molecule has 2 heterocycles. The molecule has 4 rings (SSSR count).